The molecule has 2 rings (SSSR count). The molecule has 1 N–H and O–H groups in total. The zero-order chi connectivity index (χ0) is 14.7. The molecule has 0 saturated heterocycles. The van der Waals surface area contributed by atoms with Gasteiger partial charge < -0.3 is 5.32 Å². The van der Waals surface area contributed by atoms with Crippen molar-refractivity contribution in [3.63, 3.8) is 0 Å². The zero-order valence-electron chi connectivity index (χ0n) is 12.0. The second-order valence-electron chi connectivity index (χ2n) is 4.85. The Balaban J connectivity index is 2.42. The molecular formula is C15H19BrClN3. The number of hydrogen-bond donors (Lipinski definition) is 1. The molecule has 0 unspecified atom stereocenters. The lowest BCUT2D eigenvalue weighted by Gasteiger charge is -2.12. The smallest absolute Gasteiger partial charge is 0.0848 e. The van der Waals surface area contributed by atoms with Gasteiger partial charge in [-0.05, 0) is 50.6 Å². The van der Waals surface area contributed by atoms with Gasteiger partial charge in [-0.15, -0.1) is 0 Å². The molecule has 1 aromatic carbocycles. The Morgan fingerprint density at radius 3 is 2.70 bits per heavy atom. The third-order valence-electron chi connectivity index (χ3n) is 3.21. The van der Waals surface area contributed by atoms with Crippen molar-refractivity contribution in [1.82, 2.24) is 15.1 Å². The monoisotopic (exact) mass is 355 g/mol. The van der Waals surface area contributed by atoms with Crippen LogP contribution in [0.1, 0.15) is 30.3 Å². The van der Waals surface area contributed by atoms with Crippen LogP contribution in [0.25, 0.3) is 5.69 Å². The summed E-state index contributed by atoms with van der Waals surface area (Å²) < 4.78 is 3.00. The standard InChI is InChI=1S/C15H19BrClN3/c1-4-7-18-9-12-8-13(16)5-6-14(12)20-11(3)15(17)10(2)19-20/h5-6,8,18H,4,7,9H2,1-3H3. The summed E-state index contributed by atoms with van der Waals surface area (Å²) in [6.45, 7) is 7.91. The molecule has 0 fully saturated rings. The van der Waals surface area contributed by atoms with E-state index in [1.807, 2.05) is 24.6 Å². The number of benzene rings is 1. The molecule has 0 saturated carbocycles. The molecule has 0 amide bonds. The lowest BCUT2D eigenvalue weighted by molar-refractivity contribution is 0.668. The second kappa shape index (κ2) is 6.74. The van der Waals surface area contributed by atoms with Crippen molar-refractivity contribution in [3.8, 4) is 5.69 Å². The summed E-state index contributed by atoms with van der Waals surface area (Å²) in [4.78, 5) is 0. The summed E-state index contributed by atoms with van der Waals surface area (Å²) >= 11 is 9.78. The van der Waals surface area contributed by atoms with Crippen LogP contribution in [0.2, 0.25) is 5.02 Å². The molecule has 0 aliphatic carbocycles. The molecule has 0 aliphatic heterocycles. The third-order valence-corrected chi connectivity index (χ3v) is 4.26. The third kappa shape index (κ3) is 3.25. The number of hydrogen-bond acceptors (Lipinski definition) is 2. The van der Waals surface area contributed by atoms with E-state index in [1.165, 1.54) is 5.56 Å². The van der Waals surface area contributed by atoms with Crippen LogP contribution < -0.4 is 5.32 Å². The predicted octanol–water partition coefficient (Wildman–Crippen LogP) is 4.40. The molecular weight excluding hydrogens is 338 g/mol. The van der Waals surface area contributed by atoms with E-state index in [2.05, 4.69) is 45.4 Å². The van der Waals surface area contributed by atoms with E-state index in [-0.39, 0.29) is 0 Å². The topological polar surface area (TPSA) is 29.9 Å². The Kier molecular flexibility index (Phi) is 5.24. The van der Waals surface area contributed by atoms with Crippen LogP contribution in [-0.4, -0.2) is 16.3 Å². The number of rotatable bonds is 5. The molecule has 5 heteroatoms. The maximum Gasteiger partial charge on any atom is 0.0848 e. The summed E-state index contributed by atoms with van der Waals surface area (Å²) in [7, 11) is 0. The Morgan fingerprint density at radius 1 is 1.35 bits per heavy atom. The Hall–Kier alpha value is -0.840. The van der Waals surface area contributed by atoms with Crippen LogP contribution in [0, 0.1) is 13.8 Å². The quantitative estimate of drug-likeness (QED) is 0.804. The SMILES string of the molecule is CCCNCc1cc(Br)ccc1-n1nc(C)c(Cl)c1C. The van der Waals surface area contributed by atoms with Crippen LogP contribution in [-0.2, 0) is 6.54 Å². The van der Waals surface area contributed by atoms with Gasteiger partial charge in [-0.25, -0.2) is 4.68 Å². The number of nitrogens with zero attached hydrogens (tertiary/aromatic N) is 2. The molecule has 2 aromatic rings. The molecule has 0 aliphatic rings. The van der Waals surface area contributed by atoms with E-state index in [1.54, 1.807) is 0 Å². The summed E-state index contributed by atoms with van der Waals surface area (Å²) in [6.07, 6.45) is 1.12. The van der Waals surface area contributed by atoms with Crippen molar-refractivity contribution >= 4 is 27.5 Å². The maximum atomic E-state index is 6.25. The van der Waals surface area contributed by atoms with E-state index in [9.17, 15) is 0 Å². The van der Waals surface area contributed by atoms with Crippen LogP contribution in [0.3, 0.4) is 0 Å². The van der Waals surface area contributed by atoms with Crippen molar-refractivity contribution in [1.29, 1.82) is 0 Å². The van der Waals surface area contributed by atoms with Gasteiger partial charge in [-0.3, -0.25) is 0 Å². The van der Waals surface area contributed by atoms with Gasteiger partial charge in [0.1, 0.15) is 0 Å². The molecule has 0 spiro atoms. The van der Waals surface area contributed by atoms with Gasteiger partial charge in [-0.1, -0.05) is 34.5 Å². The Labute approximate surface area is 133 Å². The minimum Gasteiger partial charge on any atom is -0.313 e. The van der Waals surface area contributed by atoms with E-state index in [4.69, 9.17) is 11.6 Å². The van der Waals surface area contributed by atoms with Crippen molar-refractivity contribution in [2.45, 2.75) is 33.7 Å². The summed E-state index contributed by atoms with van der Waals surface area (Å²) in [5, 5.41) is 8.71. The first-order chi connectivity index (χ1) is 9.54. The average molecular weight is 357 g/mol. The van der Waals surface area contributed by atoms with Crippen LogP contribution in [0.4, 0.5) is 0 Å². The number of nitrogens with one attached hydrogen (secondary N) is 1. The highest BCUT2D eigenvalue weighted by Gasteiger charge is 2.13. The maximum absolute atomic E-state index is 6.25. The lowest BCUT2D eigenvalue weighted by atomic mass is 10.1. The van der Waals surface area contributed by atoms with Gasteiger partial charge in [0.05, 0.1) is 22.1 Å². The van der Waals surface area contributed by atoms with Gasteiger partial charge in [0, 0.05) is 11.0 Å². The average Bonchev–Trinajstić information content (AvgIpc) is 2.67. The van der Waals surface area contributed by atoms with Crippen LogP contribution >= 0.6 is 27.5 Å². The molecule has 0 bridgehead atoms. The summed E-state index contributed by atoms with van der Waals surface area (Å²) in [5.74, 6) is 0. The van der Waals surface area contributed by atoms with Crippen molar-refractivity contribution in [3.05, 3.63) is 44.6 Å². The Bertz CT molecular complexity index is 607. The molecule has 20 heavy (non-hydrogen) atoms. The fourth-order valence-corrected chi connectivity index (χ4v) is 2.69. The van der Waals surface area contributed by atoms with Crippen LogP contribution in [0.5, 0.6) is 0 Å². The fourth-order valence-electron chi connectivity index (χ4n) is 2.16. The van der Waals surface area contributed by atoms with Crippen molar-refractivity contribution < 1.29 is 0 Å². The predicted molar refractivity (Wildman–Crippen MR) is 87.7 cm³/mol. The van der Waals surface area contributed by atoms with E-state index >= 15 is 0 Å². The van der Waals surface area contributed by atoms with Gasteiger partial charge in [0.15, 0.2) is 0 Å². The normalized spacial score (nSPS) is 11.1. The zero-order valence-corrected chi connectivity index (χ0v) is 14.3. The van der Waals surface area contributed by atoms with Gasteiger partial charge in [-0.2, -0.15) is 5.10 Å². The highest BCUT2D eigenvalue weighted by molar-refractivity contribution is 9.10. The summed E-state index contributed by atoms with van der Waals surface area (Å²) in [5.41, 5.74) is 4.11. The minimum absolute atomic E-state index is 0.736. The van der Waals surface area contributed by atoms with Gasteiger partial charge in [0.25, 0.3) is 0 Å². The number of aryl methyl sites for hydroxylation is 1. The molecule has 0 atom stereocenters. The highest BCUT2D eigenvalue weighted by atomic mass is 79.9. The van der Waals surface area contributed by atoms with E-state index in [0.29, 0.717) is 0 Å². The highest BCUT2D eigenvalue weighted by Crippen LogP contribution is 2.26. The number of halogens is 2. The summed E-state index contributed by atoms with van der Waals surface area (Å²) in [6, 6.07) is 6.23. The first-order valence-electron chi connectivity index (χ1n) is 6.75. The lowest BCUT2D eigenvalue weighted by Crippen LogP contribution is -2.16. The Morgan fingerprint density at radius 2 is 2.10 bits per heavy atom. The van der Waals surface area contributed by atoms with Gasteiger partial charge >= 0.3 is 0 Å². The molecule has 0 radical (unpaired) electrons. The van der Waals surface area contributed by atoms with Crippen molar-refractivity contribution in [2.75, 3.05) is 6.54 Å². The first kappa shape index (κ1) is 15.5. The molecule has 3 nitrogen and oxygen atoms in total. The second-order valence-corrected chi connectivity index (χ2v) is 6.14. The number of aromatic nitrogens is 2. The van der Waals surface area contributed by atoms with Crippen LogP contribution in [0.15, 0.2) is 22.7 Å². The van der Waals surface area contributed by atoms with Gasteiger partial charge in [0.2, 0.25) is 0 Å². The molecule has 108 valence electrons. The van der Waals surface area contributed by atoms with E-state index < -0.39 is 0 Å². The minimum atomic E-state index is 0.736. The van der Waals surface area contributed by atoms with E-state index in [0.717, 1.165) is 46.1 Å². The fraction of sp³-hybridized carbons (Fsp3) is 0.400. The first-order valence-corrected chi connectivity index (χ1v) is 7.93. The molecule has 1 aromatic heterocycles. The van der Waals surface area contributed by atoms with Crippen molar-refractivity contribution in [2.24, 2.45) is 0 Å². The molecule has 1 heterocycles. The largest absolute Gasteiger partial charge is 0.313 e.